The zero-order valence-corrected chi connectivity index (χ0v) is 12.9. The Morgan fingerprint density at radius 3 is 2.43 bits per heavy atom. The highest BCUT2D eigenvalue weighted by Gasteiger charge is 2.28. The van der Waals surface area contributed by atoms with Crippen molar-refractivity contribution < 1.29 is 14.1 Å². The van der Waals surface area contributed by atoms with Crippen LogP contribution in [-0.2, 0) is 0 Å². The van der Waals surface area contributed by atoms with Gasteiger partial charge in [-0.1, -0.05) is 13.2 Å². The van der Waals surface area contributed by atoms with Gasteiger partial charge in [0, 0.05) is 12.1 Å². The largest absolute Gasteiger partial charge is 0.487 e. The second-order valence-electron chi connectivity index (χ2n) is 5.67. The first-order valence-corrected chi connectivity index (χ1v) is 6.74. The van der Waals surface area contributed by atoms with E-state index in [4.69, 9.17) is 4.74 Å². The number of rotatable bonds is 8. The summed E-state index contributed by atoms with van der Waals surface area (Å²) in [7, 11) is 4.19. The molecule has 5 heteroatoms. The lowest BCUT2D eigenvalue weighted by Gasteiger charge is -2.37. The van der Waals surface area contributed by atoms with E-state index >= 15 is 0 Å². The van der Waals surface area contributed by atoms with Gasteiger partial charge in [-0.15, -0.1) is 0 Å². The first kappa shape index (κ1) is 16.9. The van der Waals surface area contributed by atoms with Crippen LogP contribution in [-0.4, -0.2) is 42.7 Å². The second kappa shape index (κ2) is 7.04. The van der Waals surface area contributed by atoms with Gasteiger partial charge in [0.2, 0.25) is 0 Å². The molecular formula is C16H23N2O3+. The average molecular weight is 291 g/mol. The molecule has 1 unspecified atom stereocenters. The zero-order valence-electron chi connectivity index (χ0n) is 12.9. The Labute approximate surface area is 125 Å². The highest BCUT2D eigenvalue weighted by Crippen LogP contribution is 2.20. The zero-order chi connectivity index (χ0) is 16.0. The van der Waals surface area contributed by atoms with E-state index in [0.29, 0.717) is 16.8 Å². The van der Waals surface area contributed by atoms with Crippen molar-refractivity contribution in [1.29, 1.82) is 0 Å². The van der Waals surface area contributed by atoms with E-state index in [1.807, 2.05) is 13.0 Å². The van der Waals surface area contributed by atoms with Crippen LogP contribution in [0.3, 0.4) is 0 Å². The lowest BCUT2D eigenvalue weighted by Crippen LogP contribution is -2.52. The SMILES string of the molecule is C=CC[N+](C)(C)C(COc1ccc([N+](=O)[O-])cc1)C(=C)C. The van der Waals surface area contributed by atoms with Crippen LogP contribution in [0.15, 0.2) is 49.1 Å². The third kappa shape index (κ3) is 4.72. The van der Waals surface area contributed by atoms with Crippen molar-refractivity contribution in [2.45, 2.75) is 13.0 Å². The van der Waals surface area contributed by atoms with Gasteiger partial charge in [0.25, 0.3) is 5.69 Å². The summed E-state index contributed by atoms with van der Waals surface area (Å²) in [5.41, 5.74) is 1.09. The van der Waals surface area contributed by atoms with Crippen LogP contribution >= 0.6 is 0 Å². The van der Waals surface area contributed by atoms with E-state index in [1.165, 1.54) is 12.1 Å². The van der Waals surface area contributed by atoms with Gasteiger partial charge < -0.3 is 9.22 Å². The summed E-state index contributed by atoms with van der Waals surface area (Å²) in [6.45, 7) is 11.1. The summed E-state index contributed by atoms with van der Waals surface area (Å²) < 4.78 is 6.46. The molecule has 1 atom stereocenters. The second-order valence-corrected chi connectivity index (χ2v) is 5.67. The number of benzene rings is 1. The minimum atomic E-state index is -0.426. The van der Waals surface area contributed by atoms with Crippen molar-refractivity contribution in [2.75, 3.05) is 27.2 Å². The van der Waals surface area contributed by atoms with Crippen molar-refractivity contribution in [3.63, 3.8) is 0 Å². The first-order valence-electron chi connectivity index (χ1n) is 6.74. The Kier molecular flexibility index (Phi) is 5.67. The molecule has 1 rings (SSSR count). The van der Waals surface area contributed by atoms with Gasteiger partial charge in [-0.2, -0.15) is 0 Å². The number of quaternary nitrogens is 1. The molecule has 114 valence electrons. The molecular weight excluding hydrogens is 268 g/mol. The van der Waals surface area contributed by atoms with E-state index in [9.17, 15) is 10.1 Å². The Hall–Kier alpha value is -2.14. The van der Waals surface area contributed by atoms with Gasteiger partial charge >= 0.3 is 0 Å². The van der Waals surface area contributed by atoms with Crippen LogP contribution in [0.25, 0.3) is 0 Å². The van der Waals surface area contributed by atoms with Crippen molar-refractivity contribution in [1.82, 2.24) is 0 Å². The van der Waals surface area contributed by atoms with Crippen LogP contribution < -0.4 is 4.74 Å². The van der Waals surface area contributed by atoms with Crippen molar-refractivity contribution in [3.05, 3.63) is 59.2 Å². The fraction of sp³-hybridized carbons (Fsp3) is 0.375. The van der Waals surface area contributed by atoms with Crippen LogP contribution in [0, 0.1) is 10.1 Å². The number of non-ortho nitro benzene ring substituents is 1. The maximum atomic E-state index is 10.6. The number of likely N-dealkylation sites (N-methyl/N-ethyl adjacent to an activating group) is 1. The molecule has 0 aromatic heterocycles. The predicted molar refractivity (Wildman–Crippen MR) is 84.4 cm³/mol. The molecule has 1 aromatic carbocycles. The minimum Gasteiger partial charge on any atom is -0.487 e. The summed E-state index contributed by atoms with van der Waals surface area (Å²) in [6.07, 6.45) is 1.88. The number of nitro groups is 1. The highest BCUT2D eigenvalue weighted by atomic mass is 16.6. The number of hydrogen-bond acceptors (Lipinski definition) is 3. The maximum Gasteiger partial charge on any atom is 0.269 e. The van der Waals surface area contributed by atoms with Gasteiger partial charge in [0.15, 0.2) is 0 Å². The molecule has 5 nitrogen and oxygen atoms in total. The van der Waals surface area contributed by atoms with E-state index in [0.717, 1.165) is 12.1 Å². The molecule has 0 aliphatic carbocycles. The Morgan fingerprint density at radius 1 is 1.43 bits per heavy atom. The van der Waals surface area contributed by atoms with Crippen molar-refractivity contribution in [3.8, 4) is 5.75 Å². The molecule has 0 aliphatic rings. The van der Waals surface area contributed by atoms with Gasteiger partial charge in [0.1, 0.15) is 18.4 Å². The summed E-state index contributed by atoms with van der Waals surface area (Å²) in [5, 5.41) is 10.6. The normalized spacial score (nSPS) is 12.5. The van der Waals surface area contributed by atoms with E-state index in [1.54, 1.807) is 12.1 Å². The molecule has 0 saturated heterocycles. The number of nitro benzene ring substituents is 1. The molecule has 0 radical (unpaired) electrons. The summed E-state index contributed by atoms with van der Waals surface area (Å²) in [5.74, 6) is 0.616. The molecule has 0 bridgehead atoms. The lowest BCUT2D eigenvalue weighted by molar-refractivity contribution is -0.904. The Balaban J connectivity index is 2.76. The van der Waals surface area contributed by atoms with Crippen LogP contribution in [0.2, 0.25) is 0 Å². The summed E-state index contributed by atoms with van der Waals surface area (Å²) in [6, 6.07) is 6.23. The molecule has 1 aromatic rings. The number of hydrogen-bond donors (Lipinski definition) is 0. The molecule has 0 heterocycles. The van der Waals surface area contributed by atoms with Crippen molar-refractivity contribution in [2.24, 2.45) is 0 Å². The quantitative estimate of drug-likeness (QED) is 0.320. The first-order chi connectivity index (χ1) is 9.77. The smallest absolute Gasteiger partial charge is 0.269 e. The fourth-order valence-electron chi connectivity index (χ4n) is 2.24. The predicted octanol–water partition coefficient (Wildman–Crippen LogP) is 3.18. The molecule has 0 saturated carbocycles. The molecule has 0 spiro atoms. The minimum absolute atomic E-state index is 0.0570. The molecule has 0 amide bonds. The molecule has 0 N–H and O–H groups in total. The third-order valence-corrected chi connectivity index (χ3v) is 3.47. The van der Waals surface area contributed by atoms with E-state index < -0.39 is 4.92 Å². The Morgan fingerprint density at radius 2 is 2.00 bits per heavy atom. The average Bonchev–Trinajstić information content (AvgIpc) is 2.38. The lowest BCUT2D eigenvalue weighted by atomic mass is 10.1. The maximum absolute atomic E-state index is 10.6. The third-order valence-electron chi connectivity index (χ3n) is 3.47. The van der Waals surface area contributed by atoms with E-state index in [2.05, 4.69) is 27.3 Å². The van der Waals surface area contributed by atoms with Crippen LogP contribution in [0.1, 0.15) is 6.92 Å². The molecule has 0 aliphatic heterocycles. The molecule has 21 heavy (non-hydrogen) atoms. The standard InChI is InChI=1S/C16H23N2O3/c1-6-11-18(4,5)16(13(2)3)12-21-15-9-7-14(8-10-15)17(19)20/h6-10,16H,1-2,11-12H2,3-5H3/q+1. The molecule has 0 fully saturated rings. The topological polar surface area (TPSA) is 52.4 Å². The van der Waals surface area contributed by atoms with Gasteiger partial charge in [0.05, 0.1) is 25.6 Å². The fourth-order valence-corrected chi connectivity index (χ4v) is 2.24. The monoisotopic (exact) mass is 291 g/mol. The highest BCUT2D eigenvalue weighted by molar-refractivity contribution is 5.36. The van der Waals surface area contributed by atoms with Gasteiger partial charge in [-0.3, -0.25) is 10.1 Å². The van der Waals surface area contributed by atoms with Crippen molar-refractivity contribution >= 4 is 5.69 Å². The Bertz CT molecular complexity index is 521. The van der Waals surface area contributed by atoms with Gasteiger partial charge in [-0.05, 0) is 30.7 Å². The van der Waals surface area contributed by atoms with Crippen LogP contribution in [0.4, 0.5) is 5.69 Å². The van der Waals surface area contributed by atoms with Gasteiger partial charge in [-0.25, -0.2) is 0 Å². The number of nitrogens with zero attached hydrogens (tertiary/aromatic N) is 2. The number of ether oxygens (including phenoxy) is 1. The van der Waals surface area contributed by atoms with Crippen LogP contribution in [0.5, 0.6) is 5.75 Å². The van der Waals surface area contributed by atoms with E-state index in [-0.39, 0.29) is 11.7 Å². The summed E-state index contributed by atoms with van der Waals surface area (Å²) >= 11 is 0. The summed E-state index contributed by atoms with van der Waals surface area (Å²) in [4.78, 5) is 10.2.